The van der Waals surface area contributed by atoms with Crippen LogP contribution in [0, 0.1) is 5.41 Å². The van der Waals surface area contributed by atoms with Gasteiger partial charge in [-0.25, -0.2) is 9.78 Å². The number of amides is 2. The van der Waals surface area contributed by atoms with Crippen LogP contribution >= 0.6 is 22.6 Å². The Labute approximate surface area is 153 Å². The van der Waals surface area contributed by atoms with Crippen LogP contribution in [0.2, 0.25) is 0 Å². The van der Waals surface area contributed by atoms with Gasteiger partial charge in [-0.3, -0.25) is 0 Å². The Morgan fingerprint density at radius 2 is 2.12 bits per heavy atom. The molecule has 2 aliphatic carbocycles. The van der Waals surface area contributed by atoms with Crippen molar-refractivity contribution < 1.29 is 18.3 Å². The molecule has 0 saturated heterocycles. The smallest absolute Gasteiger partial charge is 0.388 e. The van der Waals surface area contributed by atoms with E-state index in [1.807, 2.05) is 0 Å². The van der Waals surface area contributed by atoms with E-state index in [1.165, 1.54) is 25.1 Å². The average molecular weight is 451 g/mol. The summed E-state index contributed by atoms with van der Waals surface area (Å²) in [6, 6.07) is 2.74. The minimum absolute atomic E-state index is 0.157. The van der Waals surface area contributed by atoms with Gasteiger partial charge in [0, 0.05) is 22.2 Å². The largest absolute Gasteiger partial charge is 0.417 e. The summed E-state index contributed by atoms with van der Waals surface area (Å²) in [7, 11) is 0. The van der Waals surface area contributed by atoms with E-state index in [9.17, 15) is 13.6 Å². The maximum Gasteiger partial charge on any atom is 0.388 e. The second kappa shape index (κ2) is 6.97. The van der Waals surface area contributed by atoms with E-state index in [2.05, 4.69) is 42.9 Å². The molecule has 1 unspecified atom stereocenters. The van der Waals surface area contributed by atoms with Crippen LogP contribution in [0.1, 0.15) is 44.2 Å². The Morgan fingerprint density at radius 1 is 1.42 bits per heavy atom. The van der Waals surface area contributed by atoms with Crippen molar-refractivity contribution in [3.8, 4) is 5.88 Å². The van der Waals surface area contributed by atoms with Gasteiger partial charge in [-0.05, 0) is 49.7 Å². The standard InChI is InChI=1S/C16H20F2IN3O2/c1-9(10-2-3-20-13(4-10)24-14(17)18)21-15(23)22-12-7-16(8-12)5-11(19)6-16/h2-4,9,11-12,14H,5-8H2,1H3,(H2,21,22,23). The number of carbonyl (C=O) groups excluding carboxylic acids is 1. The molecule has 1 aromatic rings. The van der Waals surface area contributed by atoms with Crippen molar-refractivity contribution in [3.05, 3.63) is 23.9 Å². The zero-order valence-corrected chi connectivity index (χ0v) is 15.4. The van der Waals surface area contributed by atoms with Crippen molar-refractivity contribution in [2.24, 2.45) is 5.41 Å². The Balaban J connectivity index is 1.46. The molecule has 1 heterocycles. The van der Waals surface area contributed by atoms with Crippen LogP contribution in [0.4, 0.5) is 13.6 Å². The highest BCUT2D eigenvalue weighted by Crippen LogP contribution is 2.58. The summed E-state index contributed by atoms with van der Waals surface area (Å²) in [6.45, 7) is -1.13. The van der Waals surface area contributed by atoms with Crippen molar-refractivity contribution in [1.29, 1.82) is 0 Å². The van der Waals surface area contributed by atoms with Crippen LogP contribution in [-0.4, -0.2) is 27.6 Å². The molecule has 0 bridgehead atoms. The van der Waals surface area contributed by atoms with Crippen molar-refractivity contribution in [2.45, 2.75) is 55.2 Å². The van der Waals surface area contributed by atoms with E-state index in [0.717, 1.165) is 16.8 Å². The highest BCUT2D eigenvalue weighted by atomic mass is 127. The van der Waals surface area contributed by atoms with E-state index in [0.29, 0.717) is 11.0 Å². The van der Waals surface area contributed by atoms with Crippen molar-refractivity contribution in [3.63, 3.8) is 0 Å². The molecular formula is C16H20F2IN3O2. The fourth-order valence-corrected chi connectivity index (χ4v) is 5.53. The molecule has 0 aromatic carbocycles. The first-order chi connectivity index (χ1) is 11.3. The summed E-state index contributed by atoms with van der Waals surface area (Å²) < 4.78 is 29.5. The Morgan fingerprint density at radius 3 is 2.75 bits per heavy atom. The van der Waals surface area contributed by atoms with Crippen LogP contribution in [-0.2, 0) is 0 Å². The predicted molar refractivity (Wildman–Crippen MR) is 93.4 cm³/mol. The number of hydrogen-bond donors (Lipinski definition) is 2. The molecule has 8 heteroatoms. The molecule has 2 aliphatic rings. The zero-order valence-electron chi connectivity index (χ0n) is 13.3. The zero-order chi connectivity index (χ0) is 17.3. The van der Waals surface area contributed by atoms with E-state index in [1.54, 1.807) is 13.0 Å². The van der Waals surface area contributed by atoms with Gasteiger partial charge in [0.05, 0.1) is 6.04 Å². The van der Waals surface area contributed by atoms with E-state index >= 15 is 0 Å². The Bertz CT molecular complexity index is 603. The summed E-state index contributed by atoms with van der Waals surface area (Å²) in [5.74, 6) is -0.157. The molecule has 0 radical (unpaired) electrons. The highest BCUT2D eigenvalue weighted by molar-refractivity contribution is 14.1. The Hall–Kier alpha value is -1.19. The molecule has 2 amide bonds. The van der Waals surface area contributed by atoms with Crippen LogP contribution in [0.25, 0.3) is 0 Å². The number of hydrogen-bond acceptors (Lipinski definition) is 3. The van der Waals surface area contributed by atoms with Gasteiger partial charge in [0.25, 0.3) is 0 Å². The van der Waals surface area contributed by atoms with Gasteiger partial charge in [0.2, 0.25) is 5.88 Å². The number of ether oxygens (including phenoxy) is 1. The second-order valence-electron chi connectivity index (χ2n) is 6.76. The van der Waals surface area contributed by atoms with Gasteiger partial charge in [-0.15, -0.1) is 0 Å². The fourth-order valence-electron chi connectivity index (χ4n) is 3.66. The van der Waals surface area contributed by atoms with Crippen molar-refractivity contribution in [2.75, 3.05) is 0 Å². The molecule has 3 rings (SSSR count). The molecule has 24 heavy (non-hydrogen) atoms. The van der Waals surface area contributed by atoms with E-state index in [-0.39, 0.29) is 24.0 Å². The van der Waals surface area contributed by atoms with Gasteiger partial charge in [-0.1, -0.05) is 22.6 Å². The average Bonchev–Trinajstić information content (AvgIpc) is 2.43. The van der Waals surface area contributed by atoms with Crippen molar-refractivity contribution in [1.82, 2.24) is 15.6 Å². The third-order valence-corrected chi connectivity index (χ3v) is 5.70. The van der Waals surface area contributed by atoms with Gasteiger partial charge >= 0.3 is 12.6 Å². The molecule has 2 saturated carbocycles. The summed E-state index contributed by atoms with van der Waals surface area (Å²) >= 11 is 2.48. The maximum absolute atomic E-state index is 12.2. The number of pyridine rings is 1. The molecular weight excluding hydrogens is 431 g/mol. The summed E-state index contributed by atoms with van der Waals surface area (Å²) in [6.07, 6.45) is 6.00. The van der Waals surface area contributed by atoms with Gasteiger partial charge in [-0.2, -0.15) is 8.78 Å². The first-order valence-electron chi connectivity index (χ1n) is 7.97. The van der Waals surface area contributed by atoms with E-state index < -0.39 is 6.61 Å². The molecule has 0 aliphatic heterocycles. The monoisotopic (exact) mass is 451 g/mol. The number of rotatable bonds is 5. The lowest BCUT2D eigenvalue weighted by molar-refractivity contribution is -0.0529. The number of nitrogens with one attached hydrogen (secondary N) is 2. The third-order valence-electron chi connectivity index (χ3n) is 4.82. The van der Waals surface area contributed by atoms with Crippen molar-refractivity contribution >= 4 is 28.6 Å². The predicted octanol–water partition coefficient (Wildman–Crippen LogP) is 3.79. The molecule has 1 atom stereocenters. The maximum atomic E-state index is 12.2. The minimum Gasteiger partial charge on any atom is -0.417 e. The number of nitrogens with zero attached hydrogens (tertiary/aromatic N) is 1. The molecule has 5 nitrogen and oxygen atoms in total. The first-order valence-corrected chi connectivity index (χ1v) is 9.22. The molecule has 2 N–H and O–H groups in total. The molecule has 2 fully saturated rings. The minimum atomic E-state index is -2.92. The number of aromatic nitrogens is 1. The first kappa shape index (κ1) is 17.6. The fraction of sp³-hybridized carbons (Fsp3) is 0.625. The highest BCUT2D eigenvalue weighted by Gasteiger charge is 2.52. The topological polar surface area (TPSA) is 63.2 Å². The third kappa shape index (κ3) is 4.07. The SMILES string of the molecule is CC(NC(=O)NC1CC2(CC(I)C2)C1)c1ccnc(OC(F)F)c1. The van der Waals surface area contributed by atoms with Gasteiger partial charge in [0.15, 0.2) is 0 Å². The lowest BCUT2D eigenvalue weighted by Gasteiger charge is -2.56. The Kier molecular flexibility index (Phi) is 5.12. The molecule has 1 spiro atoms. The van der Waals surface area contributed by atoms with Crippen LogP contribution in [0.5, 0.6) is 5.88 Å². The second-order valence-corrected chi connectivity index (χ2v) is 8.52. The lowest BCUT2D eigenvalue weighted by Crippen LogP contribution is -2.58. The van der Waals surface area contributed by atoms with Gasteiger partial charge in [0.1, 0.15) is 0 Å². The number of alkyl halides is 3. The van der Waals surface area contributed by atoms with Crippen LogP contribution in [0.3, 0.4) is 0 Å². The number of halogens is 3. The molecule has 132 valence electrons. The number of carbonyl (C=O) groups is 1. The lowest BCUT2D eigenvalue weighted by atomic mass is 9.54. The van der Waals surface area contributed by atoms with Gasteiger partial charge < -0.3 is 15.4 Å². The quantitative estimate of drug-likeness (QED) is 0.529. The summed E-state index contributed by atoms with van der Waals surface area (Å²) in [5.41, 5.74) is 1.13. The number of urea groups is 1. The van der Waals surface area contributed by atoms with E-state index in [4.69, 9.17) is 0 Å². The summed E-state index contributed by atoms with van der Waals surface area (Å²) in [4.78, 5) is 15.8. The normalized spacial score (nSPS) is 29.5. The van der Waals surface area contributed by atoms with Crippen LogP contribution in [0.15, 0.2) is 18.3 Å². The summed E-state index contributed by atoms with van der Waals surface area (Å²) in [5, 5.41) is 5.81. The molecule has 1 aromatic heterocycles. The van der Waals surface area contributed by atoms with Crippen LogP contribution < -0.4 is 15.4 Å².